The van der Waals surface area contributed by atoms with Gasteiger partial charge < -0.3 is 8.85 Å². The van der Waals surface area contributed by atoms with Crippen LogP contribution in [0, 0.1) is 22.7 Å². The first kappa shape index (κ1) is 15.3. The maximum Gasteiger partial charge on any atom is 0.185 e. The fraction of sp³-hybridized carbons (Fsp3) is 0.800. The topological polar surface area (TPSA) is 66.0 Å². The number of nitrogens with zero attached hydrogens (tertiary/aromatic N) is 2. The monoisotopic (exact) mass is 256 g/mol. The van der Waals surface area contributed by atoms with Crippen molar-refractivity contribution in [2.24, 2.45) is 0 Å². The fourth-order valence-electron chi connectivity index (χ4n) is 1.07. The van der Waals surface area contributed by atoms with Crippen molar-refractivity contribution >= 4 is 16.6 Å². The molecular weight excluding hydrogens is 236 g/mol. The Hall–Kier alpha value is -0.666. The van der Waals surface area contributed by atoms with E-state index >= 15 is 0 Å². The molecule has 0 aromatic heterocycles. The average molecular weight is 256 g/mol. The van der Waals surface area contributed by atoms with Crippen LogP contribution in [-0.4, -0.2) is 28.8 Å². The highest BCUT2D eigenvalue weighted by Crippen LogP contribution is 2.15. The molecule has 90 valence electrons. The Bertz CT molecular complexity index is 275. The van der Waals surface area contributed by atoms with Gasteiger partial charge in [0.1, 0.15) is 0 Å². The predicted octanol–water partition coefficient (Wildman–Crippen LogP) is 2.47. The van der Waals surface area contributed by atoms with Crippen molar-refractivity contribution in [1.82, 2.24) is 0 Å². The van der Waals surface area contributed by atoms with E-state index in [1.807, 2.05) is 51.4 Å². The summed E-state index contributed by atoms with van der Waals surface area (Å²) in [4.78, 5) is 0. The van der Waals surface area contributed by atoms with Gasteiger partial charge in [0.15, 0.2) is 28.8 Å². The predicted molar refractivity (Wildman–Crippen MR) is 67.7 cm³/mol. The van der Waals surface area contributed by atoms with E-state index < -0.39 is 28.8 Å². The SMILES string of the molecule is C[Si](C)(C)OC(C#N)C(C#N)O[Si](C)(C)C. The minimum Gasteiger partial charge on any atom is -0.399 e. The highest BCUT2D eigenvalue weighted by atomic mass is 28.4. The van der Waals surface area contributed by atoms with Crippen LogP contribution in [0.3, 0.4) is 0 Å². The lowest BCUT2D eigenvalue weighted by Gasteiger charge is -2.28. The Morgan fingerprint density at radius 2 is 1.00 bits per heavy atom. The molecule has 16 heavy (non-hydrogen) atoms. The Labute approximate surface area is 100 Å². The smallest absolute Gasteiger partial charge is 0.185 e. The Balaban J connectivity index is 4.68. The first-order valence-electron chi connectivity index (χ1n) is 5.24. The van der Waals surface area contributed by atoms with Gasteiger partial charge in [0.05, 0.1) is 12.1 Å². The van der Waals surface area contributed by atoms with Gasteiger partial charge in [-0.3, -0.25) is 0 Å². The lowest BCUT2D eigenvalue weighted by molar-refractivity contribution is 0.114. The molecule has 0 aromatic rings. The third kappa shape index (κ3) is 6.75. The van der Waals surface area contributed by atoms with Crippen LogP contribution in [0.1, 0.15) is 0 Å². The molecule has 0 aliphatic rings. The molecular formula is C10H20N2O2Si2. The van der Waals surface area contributed by atoms with Gasteiger partial charge in [-0.15, -0.1) is 0 Å². The van der Waals surface area contributed by atoms with Gasteiger partial charge in [-0.05, 0) is 39.3 Å². The molecule has 2 atom stereocenters. The van der Waals surface area contributed by atoms with E-state index in [0.29, 0.717) is 0 Å². The largest absolute Gasteiger partial charge is 0.399 e. The average Bonchev–Trinajstić information content (AvgIpc) is 2.07. The van der Waals surface area contributed by atoms with Gasteiger partial charge in [-0.1, -0.05) is 0 Å². The van der Waals surface area contributed by atoms with E-state index in [1.165, 1.54) is 0 Å². The van der Waals surface area contributed by atoms with Gasteiger partial charge in [0.2, 0.25) is 0 Å². The maximum absolute atomic E-state index is 9.02. The Morgan fingerprint density at radius 3 is 1.12 bits per heavy atom. The molecule has 4 nitrogen and oxygen atoms in total. The molecule has 0 aliphatic carbocycles. The van der Waals surface area contributed by atoms with Gasteiger partial charge in [0.25, 0.3) is 0 Å². The van der Waals surface area contributed by atoms with Crippen molar-refractivity contribution in [3.05, 3.63) is 0 Å². The molecule has 0 aromatic carbocycles. The number of hydrogen-bond donors (Lipinski definition) is 0. The van der Waals surface area contributed by atoms with E-state index in [0.717, 1.165) is 0 Å². The van der Waals surface area contributed by atoms with Gasteiger partial charge >= 0.3 is 0 Å². The third-order valence-corrected chi connectivity index (χ3v) is 3.41. The number of hydrogen-bond acceptors (Lipinski definition) is 4. The fourth-order valence-corrected chi connectivity index (χ4v) is 2.95. The van der Waals surface area contributed by atoms with Gasteiger partial charge in [-0.25, -0.2) is 0 Å². The van der Waals surface area contributed by atoms with Crippen LogP contribution >= 0.6 is 0 Å². The van der Waals surface area contributed by atoms with Crippen LogP contribution in [0.15, 0.2) is 0 Å². The first-order chi connectivity index (χ1) is 7.09. The van der Waals surface area contributed by atoms with E-state index in [2.05, 4.69) is 0 Å². The molecule has 0 aliphatic heterocycles. The zero-order chi connectivity index (χ0) is 13.0. The van der Waals surface area contributed by atoms with Gasteiger partial charge in [0, 0.05) is 0 Å². The van der Waals surface area contributed by atoms with Gasteiger partial charge in [-0.2, -0.15) is 10.5 Å². The molecule has 0 rings (SSSR count). The van der Waals surface area contributed by atoms with Crippen LogP contribution in [0.4, 0.5) is 0 Å². The molecule has 0 saturated carbocycles. The van der Waals surface area contributed by atoms with Crippen LogP contribution < -0.4 is 0 Å². The Morgan fingerprint density at radius 1 is 0.750 bits per heavy atom. The van der Waals surface area contributed by atoms with Crippen LogP contribution in [-0.2, 0) is 8.85 Å². The summed E-state index contributed by atoms with van der Waals surface area (Å²) in [6, 6.07) is 4.04. The van der Waals surface area contributed by atoms with Crippen LogP contribution in [0.25, 0.3) is 0 Å². The zero-order valence-corrected chi connectivity index (χ0v) is 12.9. The molecule has 0 bridgehead atoms. The van der Waals surface area contributed by atoms with Crippen molar-refractivity contribution in [2.45, 2.75) is 51.5 Å². The van der Waals surface area contributed by atoms with Crippen molar-refractivity contribution < 1.29 is 8.85 Å². The standard InChI is InChI=1S/C10H20N2O2Si2/c1-15(2,3)13-9(7-11)10(8-12)14-16(4,5)6/h9-10H,1-6H3. The molecule has 0 fully saturated rings. The highest BCUT2D eigenvalue weighted by molar-refractivity contribution is 6.70. The molecule has 0 saturated heterocycles. The van der Waals surface area contributed by atoms with Crippen molar-refractivity contribution in [3.8, 4) is 12.1 Å². The lowest BCUT2D eigenvalue weighted by atomic mass is 10.2. The molecule has 0 spiro atoms. The summed E-state index contributed by atoms with van der Waals surface area (Å²) in [7, 11) is -3.67. The summed E-state index contributed by atoms with van der Waals surface area (Å²) in [5.74, 6) is 0. The minimum absolute atomic E-state index is 0.775. The summed E-state index contributed by atoms with van der Waals surface area (Å²) in [5.41, 5.74) is 0. The lowest BCUT2D eigenvalue weighted by Crippen LogP contribution is -2.43. The quantitative estimate of drug-likeness (QED) is 0.709. The normalized spacial score (nSPS) is 16.0. The van der Waals surface area contributed by atoms with E-state index in [4.69, 9.17) is 19.4 Å². The third-order valence-electron chi connectivity index (χ3n) is 1.49. The molecule has 2 unspecified atom stereocenters. The molecule has 0 heterocycles. The second kappa shape index (κ2) is 5.60. The van der Waals surface area contributed by atoms with E-state index in [9.17, 15) is 0 Å². The molecule has 0 amide bonds. The van der Waals surface area contributed by atoms with Crippen LogP contribution in [0.2, 0.25) is 39.3 Å². The van der Waals surface area contributed by atoms with Crippen molar-refractivity contribution in [2.75, 3.05) is 0 Å². The zero-order valence-electron chi connectivity index (χ0n) is 10.9. The summed E-state index contributed by atoms with van der Waals surface area (Å²) in [6.45, 7) is 11.9. The minimum atomic E-state index is -1.83. The molecule has 0 radical (unpaired) electrons. The van der Waals surface area contributed by atoms with Crippen molar-refractivity contribution in [1.29, 1.82) is 10.5 Å². The molecule has 0 N–H and O–H groups in total. The van der Waals surface area contributed by atoms with E-state index in [1.54, 1.807) is 0 Å². The van der Waals surface area contributed by atoms with Crippen molar-refractivity contribution in [3.63, 3.8) is 0 Å². The van der Waals surface area contributed by atoms with Crippen LogP contribution in [0.5, 0.6) is 0 Å². The summed E-state index contributed by atoms with van der Waals surface area (Å²) >= 11 is 0. The number of rotatable bonds is 5. The second-order valence-corrected chi connectivity index (χ2v) is 14.5. The summed E-state index contributed by atoms with van der Waals surface area (Å²) in [5, 5.41) is 18.0. The summed E-state index contributed by atoms with van der Waals surface area (Å²) in [6.07, 6.45) is -1.55. The van der Waals surface area contributed by atoms with E-state index in [-0.39, 0.29) is 0 Å². The summed E-state index contributed by atoms with van der Waals surface area (Å²) < 4.78 is 11.3. The molecule has 6 heteroatoms. The highest BCUT2D eigenvalue weighted by Gasteiger charge is 2.32. The second-order valence-electron chi connectivity index (χ2n) is 5.56. The first-order valence-corrected chi connectivity index (χ1v) is 12.1. The maximum atomic E-state index is 9.02. The Kier molecular flexibility index (Phi) is 5.37. The number of nitriles is 2.